The van der Waals surface area contributed by atoms with Crippen LogP contribution in [0.3, 0.4) is 0 Å². The number of likely N-dealkylation sites (tertiary alicyclic amines) is 2. The summed E-state index contributed by atoms with van der Waals surface area (Å²) in [4.78, 5) is 33.4. The lowest BCUT2D eigenvalue weighted by Gasteiger charge is -2.26. The van der Waals surface area contributed by atoms with Gasteiger partial charge in [-0.05, 0) is 31.9 Å². The van der Waals surface area contributed by atoms with Gasteiger partial charge in [-0.15, -0.1) is 11.3 Å². The lowest BCUT2D eigenvalue weighted by molar-refractivity contribution is -0.136. The monoisotopic (exact) mass is 343 g/mol. The number of fused-ring (bicyclic) bond motifs is 1. The van der Waals surface area contributed by atoms with Crippen LogP contribution in [0.1, 0.15) is 37.2 Å². The molecule has 3 heterocycles. The summed E-state index contributed by atoms with van der Waals surface area (Å²) in [7, 11) is 0. The van der Waals surface area contributed by atoms with E-state index < -0.39 is 0 Å². The van der Waals surface area contributed by atoms with Gasteiger partial charge >= 0.3 is 0 Å². The molecule has 126 valence electrons. The molecule has 4 rings (SSSR count). The van der Waals surface area contributed by atoms with Crippen molar-refractivity contribution >= 4 is 33.4 Å². The molecule has 0 spiro atoms. The molecule has 1 aromatic carbocycles. The van der Waals surface area contributed by atoms with Crippen LogP contribution in [0.15, 0.2) is 24.3 Å². The van der Waals surface area contributed by atoms with Gasteiger partial charge in [-0.3, -0.25) is 9.59 Å². The minimum Gasteiger partial charge on any atom is -0.342 e. The van der Waals surface area contributed by atoms with Crippen molar-refractivity contribution in [2.24, 2.45) is 5.92 Å². The van der Waals surface area contributed by atoms with E-state index in [0.29, 0.717) is 19.5 Å². The van der Waals surface area contributed by atoms with E-state index in [9.17, 15) is 9.59 Å². The highest BCUT2D eigenvalue weighted by Gasteiger charge is 2.40. The molecule has 0 aliphatic carbocycles. The second kappa shape index (κ2) is 6.16. The molecular formula is C18H21N3O2S. The Morgan fingerprint density at radius 2 is 2.21 bits per heavy atom. The quantitative estimate of drug-likeness (QED) is 0.861. The fourth-order valence-corrected chi connectivity index (χ4v) is 4.91. The second-order valence-corrected chi connectivity index (χ2v) is 7.61. The summed E-state index contributed by atoms with van der Waals surface area (Å²) in [6.07, 6.45) is 2.32. The molecule has 24 heavy (non-hydrogen) atoms. The van der Waals surface area contributed by atoms with Crippen molar-refractivity contribution < 1.29 is 9.59 Å². The van der Waals surface area contributed by atoms with Crippen molar-refractivity contribution in [3.63, 3.8) is 0 Å². The molecule has 0 bridgehead atoms. The molecule has 2 aliphatic heterocycles. The van der Waals surface area contributed by atoms with E-state index in [1.807, 2.05) is 30.0 Å². The van der Waals surface area contributed by atoms with Gasteiger partial charge in [0.1, 0.15) is 5.01 Å². The largest absolute Gasteiger partial charge is 0.342 e. The number of rotatable bonds is 3. The summed E-state index contributed by atoms with van der Waals surface area (Å²) >= 11 is 1.68. The summed E-state index contributed by atoms with van der Waals surface area (Å²) in [5.74, 6) is 0.0417. The van der Waals surface area contributed by atoms with Crippen molar-refractivity contribution in [3.05, 3.63) is 29.3 Å². The molecule has 2 atom stereocenters. The number of aromatic nitrogens is 1. The van der Waals surface area contributed by atoms with Crippen LogP contribution < -0.4 is 0 Å². The van der Waals surface area contributed by atoms with Gasteiger partial charge < -0.3 is 9.80 Å². The van der Waals surface area contributed by atoms with Crippen molar-refractivity contribution in [2.75, 3.05) is 19.6 Å². The van der Waals surface area contributed by atoms with Gasteiger partial charge in [0, 0.05) is 26.1 Å². The van der Waals surface area contributed by atoms with Crippen LogP contribution in [0, 0.1) is 5.92 Å². The average molecular weight is 343 g/mol. The molecule has 2 amide bonds. The Bertz CT molecular complexity index is 754. The third-order valence-electron chi connectivity index (χ3n) is 5.08. The summed E-state index contributed by atoms with van der Waals surface area (Å²) in [5.41, 5.74) is 1.00. The molecule has 0 saturated carbocycles. The zero-order valence-electron chi connectivity index (χ0n) is 13.8. The van der Waals surface area contributed by atoms with Gasteiger partial charge in [0.2, 0.25) is 11.8 Å². The Morgan fingerprint density at radius 3 is 2.96 bits per heavy atom. The summed E-state index contributed by atoms with van der Waals surface area (Å²) in [6.45, 7) is 3.99. The van der Waals surface area contributed by atoms with E-state index in [2.05, 4.69) is 6.07 Å². The first-order valence-corrected chi connectivity index (χ1v) is 9.42. The number of carbonyl (C=O) groups excluding carboxylic acids is 2. The van der Waals surface area contributed by atoms with Crippen molar-refractivity contribution in [2.45, 2.75) is 32.2 Å². The smallest absolute Gasteiger partial charge is 0.228 e. The maximum Gasteiger partial charge on any atom is 0.228 e. The first-order valence-electron chi connectivity index (χ1n) is 8.61. The number of para-hydroxylation sites is 1. The fraction of sp³-hybridized carbons (Fsp3) is 0.500. The normalized spacial score (nSPS) is 24.3. The van der Waals surface area contributed by atoms with Gasteiger partial charge in [0.05, 0.1) is 22.2 Å². The molecule has 2 aliphatic rings. The van der Waals surface area contributed by atoms with Crippen LogP contribution in [0.25, 0.3) is 10.2 Å². The number of hydrogen-bond acceptors (Lipinski definition) is 4. The fourth-order valence-electron chi connectivity index (χ4n) is 3.80. The molecule has 6 heteroatoms. The second-order valence-electron chi connectivity index (χ2n) is 6.54. The van der Waals surface area contributed by atoms with E-state index in [0.717, 1.165) is 29.9 Å². The van der Waals surface area contributed by atoms with Crippen LogP contribution in [0.4, 0.5) is 0 Å². The van der Waals surface area contributed by atoms with Crippen molar-refractivity contribution in [1.29, 1.82) is 0 Å². The van der Waals surface area contributed by atoms with Crippen LogP contribution in [-0.2, 0) is 9.59 Å². The highest BCUT2D eigenvalue weighted by molar-refractivity contribution is 7.18. The van der Waals surface area contributed by atoms with E-state index in [1.165, 1.54) is 4.70 Å². The molecule has 0 unspecified atom stereocenters. The summed E-state index contributed by atoms with van der Waals surface area (Å²) in [6, 6.07) is 8.18. The number of amides is 2. The lowest BCUT2D eigenvalue weighted by Crippen LogP contribution is -2.37. The topological polar surface area (TPSA) is 53.5 Å². The Balaban J connectivity index is 1.56. The van der Waals surface area contributed by atoms with Crippen LogP contribution in [-0.4, -0.2) is 46.2 Å². The van der Waals surface area contributed by atoms with E-state index >= 15 is 0 Å². The number of thiazole rings is 1. The molecule has 5 nitrogen and oxygen atoms in total. The highest BCUT2D eigenvalue weighted by atomic mass is 32.1. The lowest BCUT2D eigenvalue weighted by atomic mass is 10.1. The molecular weight excluding hydrogens is 322 g/mol. The minimum atomic E-state index is -0.188. The van der Waals surface area contributed by atoms with Crippen LogP contribution in [0.5, 0.6) is 0 Å². The zero-order chi connectivity index (χ0) is 16.7. The SMILES string of the molecule is CCN1C[C@H](C(=O)N2CCC[C@H]2c2nc3ccccc3s2)CC1=O. The van der Waals surface area contributed by atoms with E-state index in [-0.39, 0.29) is 23.8 Å². The van der Waals surface area contributed by atoms with Crippen LogP contribution in [0.2, 0.25) is 0 Å². The number of hydrogen-bond donors (Lipinski definition) is 0. The predicted molar refractivity (Wildman–Crippen MR) is 93.7 cm³/mol. The average Bonchev–Trinajstić information content (AvgIpc) is 3.30. The highest BCUT2D eigenvalue weighted by Crippen LogP contribution is 2.38. The Labute approximate surface area is 145 Å². The van der Waals surface area contributed by atoms with Crippen LogP contribution >= 0.6 is 11.3 Å². The zero-order valence-corrected chi connectivity index (χ0v) is 14.6. The number of nitrogens with zero attached hydrogens (tertiary/aromatic N) is 3. The van der Waals surface area contributed by atoms with Crippen molar-refractivity contribution in [3.8, 4) is 0 Å². The van der Waals surface area contributed by atoms with E-state index in [1.54, 1.807) is 16.2 Å². The van der Waals surface area contributed by atoms with Gasteiger partial charge in [-0.1, -0.05) is 12.1 Å². The first-order chi connectivity index (χ1) is 11.7. The third-order valence-corrected chi connectivity index (χ3v) is 6.21. The Morgan fingerprint density at radius 1 is 1.38 bits per heavy atom. The third kappa shape index (κ3) is 2.59. The molecule has 2 saturated heterocycles. The molecule has 2 fully saturated rings. The van der Waals surface area contributed by atoms with Crippen molar-refractivity contribution in [1.82, 2.24) is 14.8 Å². The number of benzene rings is 1. The Kier molecular flexibility index (Phi) is 4.00. The summed E-state index contributed by atoms with van der Waals surface area (Å²) < 4.78 is 1.17. The summed E-state index contributed by atoms with van der Waals surface area (Å²) in [5, 5.41) is 1.03. The predicted octanol–water partition coefficient (Wildman–Crippen LogP) is 2.83. The standard InChI is InChI=1S/C18H21N3O2S/c1-2-20-11-12(10-16(20)22)18(23)21-9-5-7-14(21)17-19-13-6-3-4-8-15(13)24-17/h3-4,6,8,12,14H,2,5,7,9-11H2,1H3/t12-,14+/m1/s1. The molecule has 0 radical (unpaired) electrons. The maximum atomic E-state index is 13.0. The number of carbonyl (C=O) groups is 2. The molecule has 1 aromatic heterocycles. The maximum absolute atomic E-state index is 13.0. The van der Waals surface area contributed by atoms with Gasteiger partial charge in [-0.2, -0.15) is 0 Å². The molecule has 0 N–H and O–H groups in total. The van der Waals surface area contributed by atoms with Gasteiger partial charge in [-0.25, -0.2) is 4.98 Å². The molecule has 2 aromatic rings. The minimum absolute atomic E-state index is 0.0701. The Hall–Kier alpha value is -1.95. The van der Waals surface area contributed by atoms with E-state index in [4.69, 9.17) is 4.98 Å². The van der Waals surface area contributed by atoms with Gasteiger partial charge in [0.25, 0.3) is 0 Å². The first kappa shape index (κ1) is 15.6. The van der Waals surface area contributed by atoms with Gasteiger partial charge in [0.15, 0.2) is 0 Å².